The normalized spacial score (nSPS) is 10.8. The molecule has 2 aromatic carbocycles. The average Bonchev–Trinajstić information content (AvgIpc) is 3.00. The van der Waals surface area contributed by atoms with Crippen LogP contribution < -0.4 is 4.74 Å². The molecule has 1 aromatic heterocycles. The van der Waals surface area contributed by atoms with Crippen LogP contribution in [0.5, 0.6) is 17.2 Å². The van der Waals surface area contributed by atoms with E-state index >= 15 is 0 Å². The highest BCUT2D eigenvalue weighted by atomic mass is 16.5. The molecule has 0 aliphatic rings. The Balaban J connectivity index is 1.72. The molecule has 0 saturated heterocycles. The number of aromatic hydroxyl groups is 2. The summed E-state index contributed by atoms with van der Waals surface area (Å²) >= 11 is 0. The molecule has 4 nitrogen and oxygen atoms in total. The number of ether oxygens (including phenoxy) is 1. The summed E-state index contributed by atoms with van der Waals surface area (Å²) in [5.41, 5.74) is 2.96. The van der Waals surface area contributed by atoms with Crippen LogP contribution in [-0.2, 0) is 12.8 Å². The fourth-order valence-electron chi connectivity index (χ4n) is 2.67. The third kappa shape index (κ3) is 3.54. The van der Waals surface area contributed by atoms with Gasteiger partial charge < -0.3 is 19.4 Å². The van der Waals surface area contributed by atoms with Crippen molar-refractivity contribution in [3.05, 3.63) is 76.7 Å². The van der Waals surface area contributed by atoms with E-state index in [-0.39, 0.29) is 5.75 Å². The maximum atomic E-state index is 9.64. The topological polar surface area (TPSA) is 62.8 Å². The quantitative estimate of drug-likeness (QED) is 0.739. The molecule has 0 atom stereocenters. The van der Waals surface area contributed by atoms with Crippen molar-refractivity contribution in [1.82, 2.24) is 0 Å². The Morgan fingerprint density at radius 2 is 1.42 bits per heavy atom. The molecule has 0 saturated carbocycles. The number of rotatable bonds is 5. The van der Waals surface area contributed by atoms with Crippen LogP contribution in [0, 0.1) is 6.92 Å². The fraction of sp³-hybridized carbons (Fsp3) is 0.200. The van der Waals surface area contributed by atoms with Gasteiger partial charge in [0.15, 0.2) is 11.5 Å². The molecule has 0 aliphatic carbocycles. The lowest BCUT2D eigenvalue weighted by molar-refractivity contribution is 0.373. The van der Waals surface area contributed by atoms with Crippen molar-refractivity contribution in [3.63, 3.8) is 0 Å². The van der Waals surface area contributed by atoms with Gasteiger partial charge in [0, 0.05) is 12.8 Å². The predicted octanol–water partition coefficient (Wildman–Crippen LogP) is 4.19. The van der Waals surface area contributed by atoms with Crippen LogP contribution in [0.4, 0.5) is 0 Å². The smallest absolute Gasteiger partial charge is 0.160 e. The van der Waals surface area contributed by atoms with Gasteiger partial charge in [0.2, 0.25) is 0 Å². The molecule has 0 bridgehead atoms. The number of hydrogen-bond donors (Lipinski definition) is 2. The second-order valence-electron chi connectivity index (χ2n) is 5.85. The summed E-state index contributed by atoms with van der Waals surface area (Å²) in [7, 11) is 1.53. The first kappa shape index (κ1) is 16.0. The van der Waals surface area contributed by atoms with Crippen LogP contribution in [0.15, 0.2) is 52.9 Å². The van der Waals surface area contributed by atoms with E-state index < -0.39 is 0 Å². The predicted molar refractivity (Wildman–Crippen MR) is 91.8 cm³/mol. The molecule has 3 aromatic rings. The minimum absolute atomic E-state index is 0.129. The molecule has 1 heterocycles. The number of methoxy groups -OCH3 is 1. The molecule has 0 spiro atoms. The van der Waals surface area contributed by atoms with E-state index in [1.165, 1.54) is 7.11 Å². The van der Waals surface area contributed by atoms with E-state index in [1.54, 1.807) is 18.2 Å². The largest absolute Gasteiger partial charge is 0.508 e. The van der Waals surface area contributed by atoms with Gasteiger partial charge in [0.05, 0.1) is 7.11 Å². The first-order valence-electron chi connectivity index (χ1n) is 7.77. The van der Waals surface area contributed by atoms with Crippen molar-refractivity contribution < 1.29 is 19.4 Å². The molecular formula is C20H20O4. The maximum absolute atomic E-state index is 9.64. The Kier molecular flexibility index (Phi) is 4.47. The Morgan fingerprint density at radius 1 is 0.833 bits per heavy atom. The monoisotopic (exact) mass is 324 g/mol. The highest BCUT2D eigenvalue weighted by molar-refractivity contribution is 5.42. The first-order chi connectivity index (χ1) is 11.5. The fourth-order valence-corrected chi connectivity index (χ4v) is 2.67. The number of benzene rings is 2. The summed E-state index contributed by atoms with van der Waals surface area (Å²) in [5, 5.41) is 19.2. The highest BCUT2D eigenvalue weighted by Gasteiger charge is 2.08. The van der Waals surface area contributed by atoms with Gasteiger partial charge in [-0.2, -0.15) is 0 Å². The van der Waals surface area contributed by atoms with Crippen LogP contribution in [0.2, 0.25) is 0 Å². The van der Waals surface area contributed by atoms with Crippen molar-refractivity contribution in [3.8, 4) is 17.2 Å². The van der Waals surface area contributed by atoms with Crippen LogP contribution >= 0.6 is 0 Å². The molecule has 0 unspecified atom stereocenters. The van der Waals surface area contributed by atoms with E-state index in [0.717, 1.165) is 28.2 Å². The van der Waals surface area contributed by atoms with Crippen molar-refractivity contribution >= 4 is 0 Å². The number of hydrogen-bond acceptors (Lipinski definition) is 4. The molecule has 124 valence electrons. The van der Waals surface area contributed by atoms with Gasteiger partial charge in [0.25, 0.3) is 0 Å². The second kappa shape index (κ2) is 6.71. The van der Waals surface area contributed by atoms with Crippen molar-refractivity contribution in [2.75, 3.05) is 7.11 Å². The lowest BCUT2D eigenvalue weighted by Crippen LogP contribution is -1.90. The third-order valence-electron chi connectivity index (χ3n) is 3.98. The second-order valence-corrected chi connectivity index (χ2v) is 5.85. The van der Waals surface area contributed by atoms with Crippen molar-refractivity contribution in [2.45, 2.75) is 19.8 Å². The summed E-state index contributed by atoms with van der Waals surface area (Å²) in [6.07, 6.45) is 1.31. The Bertz CT molecular complexity index is 849. The van der Waals surface area contributed by atoms with Crippen LogP contribution in [0.3, 0.4) is 0 Å². The summed E-state index contributed by atoms with van der Waals surface area (Å²) in [6.45, 7) is 1.88. The van der Waals surface area contributed by atoms with E-state index in [9.17, 15) is 10.2 Å². The lowest BCUT2D eigenvalue weighted by Gasteiger charge is -2.05. The molecule has 2 N–H and O–H groups in total. The molecular weight excluding hydrogens is 304 g/mol. The van der Waals surface area contributed by atoms with Crippen LogP contribution in [0.25, 0.3) is 0 Å². The molecule has 0 fully saturated rings. The lowest BCUT2D eigenvalue weighted by atomic mass is 10.1. The third-order valence-corrected chi connectivity index (χ3v) is 3.98. The van der Waals surface area contributed by atoms with E-state index in [4.69, 9.17) is 9.15 Å². The first-order valence-corrected chi connectivity index (χ1v) is 7.77. The van der Waals surface area contributed by atoms with E-state index in [2.05, 4.69) is 0 Å². The standard InChI is InChI=1S/C20H20O4/c1-13-9-14(3-7-18(13)21)10-16-5-6-17(24-16)11-15-4-8-19(22)20(12-15)23-2/h3-9,12,21-22H,10-11H2,1-2H3. The SMILES string of the molecule is COc1cc(Cc2ccc(Cc3ccc(O)c(C)c3)o2)ccc1O. The van der Waals surface area contributed by atoms with E-state index in [1.807, 2.05) is 37.3 Å². The van der Waals surface area contributed by atoms with Crippen molar-refractivity contribution in [2.24, 2.45) is 0 Å². The zero-order valence-corrected chi connectivity index (χ0v) is 13.7. The number of phenolic OH excluding ortho intramolecular Hbond substituents is 2. The Morgan fingerprint density at radius 3 is 2.00 bits per heavy atom. The Labute approximate surface area is 141 Å². The van der Waals surface area contributed by atoms with Gasteiger partial charge in [-0.05, 0) is 53.9 Å². The van der Waals surface area contributed by atoms with Gasteiger partial charge >= 0.3 is 0 Å². The van der Waals surface area contributed by atoms with E-state index in [0.29, 0.717) is 24.3 Å². The van der Waals surface area contributed by atoms with Gasteiger partial charge in [0.1, 0.15) is 17.3 Å². The molecule has 3 rings (SSSR count). The summed E-state index contributed by atoms with van der Waals surface area (Å²) < 4.78 is 11.0. The minimum Gasteiger partial charge on any atom is -0.508 e. The molecule has 0 amide bonds. The maximum Gasteiger partial charge on any atom is 0.160 e. The average molecular weight is 324 g/mol. The van der Waals surface area contributed by atoms with Gasteiger partial charge in [-0.25, -0.2) is 0 Å². The molecule has 0 aliphatic heterocycles. The number of furan rings is 1. The highest BCUT2D eigenvalue weighted by Crippen LogP contribution is 2.28. The summed E-state index contributed by atoms with van der Waals surface area (Å²) in [6, 6.07) is 14.8. The summed E-state index contributed by atoms with van der Waals surface area (Å²) in [5.74, 6) is 2.62. The minimum atomic E-state index is 0.129. The van der Waals surface area contributed by atoms with Gasteiger partial charge in [-0.3, -0.25) is 0 Å². The zero-order valence-electron chi connectivity index (χ0n) is 13.7. The zero-order chi connectivity index (χ0) is 17.1. The van der Waals surface area contributed by atoms with Crippen LogP contribution in [0.1, 0.15) is 28.2 Å². The van der Waals surface area contributed by atoms with Gasteiger partial charge in [-0.1, -0.05) is 18.2 Å². The van der Waals surface area contributed by atoms with Crippen LogP contribution in [-0.4, -0.2) is 17.3 Å². The number of aryl methyl sites for hydroxylation is 1. The van der Waals surface area contributed by atoms with Crippen molar-refractivity contribution in [1.29, 1.82) is 0 Å². The molecule has 4 heteroatoms. The molecule has 0 radical (unpaired) electrons. The number of phenols is 2. The summed E-state index contributed by atoms with van der Waals surface area (Å²) in [4.78, 5) is 0. The molecule has 24 heavy (non-hydrogen) atoms. The van der Waals surface area contributed by atoms with Gasteiger partial charge in [-0.15, -0.1) is 0 Å². The Hall–Kier alpha value is -2.88.